The van der Waals surface area contributed by atoms with Crippen molar-refractivity contribution in [1.82, 2.24) is 30.2 Å². The van der Waals surface area contributed by atoms with Crippen LogP contribution in [0.4, 0.5) is 5.82 Å². The summed E-state index contributed by atoms with van der Waals surface area (Å²) in [7, 11) is 1.92. The van der Waals surface area contributed by atoms with Crippen LogP contribution >= 0.6 is 0 Å². The third-order valence-electron chi connectivity index (χ3n) is 5.45. The van der Waals surface area contributed by atoms with Crippen molar-refractivity contribution in [3.63, 3.8) is 0 Å². The SMILES string of the molecule is CN1CCC[C@@H]1C(=O)N[C@@H]1C[C@H](O)[C@@H](Nc2ncnc3nc[nH]c23)O[C@H]1CO. The van der Waals surface area contributed by atoms with Crippen molar-refractivity contribution in [3.05, 3.63) is 12.7 Å². The summed E-state index contributed by atoms with van der Waals surface area (Å²) in [5, 5.41) is 26.3. The standard InChI is InChI=1S/C17H25N7O4/c1-24-4-2-3-10(24)16(27)22-9-5-11(26)17(28-12(9)6-25)23-15-13-14(19-7-18-13)20-8-21-15/h7-12,17,25-26H,2-6H2,1H3,(H,22,27)(H2,18,19,20,21,23)/t9-,10-,11+,12+,17+/m1/s1. The van der Waals surface area contributed by atoms with E-state index in [9.17, 15) is 15.0 Å². The minimum absolute atomic E-state index is 0.0966. The first-order valence-electron chi connectivity index (χ1n) is 9.42. The molecule has 5 atom stereocenters. The second kappa shape index (κ2) is 7.95. The molecule has 0 saturated carbocycles. The fraction of sp³-hybridized carbons (Fsp3) is 0.647. The molecule has 0 aromatic carbocycles. The van der Waals surface area contributed by atoms with Gasteiger partial charge in [0.25, 0.3) is 0 Å². The first kappa shape index (κ1) is 19.0. The molecule has 11 nitrogen and oxygen atoms in total. The molecule has 0 aliphatic carbocycles. The minimum atomic E-state index is -0.901. The molecule has 2 saturated heterocycles. The van der Waals surface area contributed by atoms with Gasteiger partial charge in [-0.3, -0.25) is 9.69 Å². The van der Waals surface area contributed by atoms with Crippen LogP contribution in [0.5, 0.6) is 0 Å². The second-order valence-electron chi connectivity index (χ2n) is 7.30. The molecule has 2 aromatic heterocycles. The number of carbonyl (C=O) groups excluding carboxylic acids is 1. The van der Waals surface area contributed by atoms with Crippen LogP contribution in [-0.4, -0.2) is 91.7 Å². The summed E-state index contributed by atoms with van der Waals surface area (Å²) in [6.45, 7) is 0.609. The van der Waals surface area contributed by atoms with Crippen molar-refractivity contribution in [2.24, 2.45) is 0 Å². The normalized spacial score (nSPS) is 31.2. The molecule has 0 radical (unpaired) electrons. The second-order valence-corrected chi connectivity index (χ2v) is 7.30. The molecule has 0 bridgehead atoms. The summed E-state index contributed by atoms with van der Waals surface area (Å²) in [6, 6.07) is -0.654. The molecular weight excluding hydrogens is 366 g/mol. The predicted molar refractivity (Wildman–Crippen MR) is 99.3 cm³/mol. The van der Waals surface area contributed by atoms with Crippen molar-refractivity contribution in [2.45, 2.75) is 49.8 Å². The number of rotatable bonds is 5. The van der Waals surface area contributed by atoms with Crippen LogP contribution in [0.15, 0.2) is 12.7 Å². The van der Waals surface area contributed by atoms with Crippen molar-refractivity contribution >= 4 is 22.9 Å². The number of carbonyl (C=O) groups is 1. The first-order chi connectivity index (χ1) is 13.6. The highest BCUT2D eigenvalue weighted by Gasteiger charge is 2.39. The number of hydrogen-bond donors (Lipinski definition) is 5. The molecule has 4 heterocycles. The number of imidazole rings is 1. The number of amides is 1. The smallest absolute Gasteiger partial charge is 0.237 e. The lowest BCUT2D eigenvalue weighted by atomic mass is 9.98. The first-order valence-corrected chi connectivity index (χ1v) is 9.42. The molecule has 152 valence electrons. The van der Waals surface area contributed by atoms with E-state index >= 15 is 0 Å². The monoisotopic (exact) mass is 391 g/mol. The lowest BCUT2D eigenvalue weighted by molar-refractivity contribution is -0.144. The largest absolute Gasteiger partial charge is 0.394 e. The topological polar surface area (TPSA) is 149 Å². The number of ether oxygens (including phenoxy) is 1. The maximum atomic E-state index is 12.6. The molecule has 2 aliphatic heterocycles. The molecule has 0 spiro atoms. The van der Waals surface area contributed by atoms with Crippen LogP contribution in [0.3, 0.4) is 0 Å². The van der Waals surface area contributed by atoms with Gasteiger partial charge >= 0.3 is 0 Å². The maximum Gasteiger partial charge on any atom is 0.237 e. The van der Waals surface area contributed by atoms with Gasteiger partial charge in [-0.1, -0.05) is 0 Å². The number of aromatic amines is 1. The Morgan fingerprint density at radius 3 is 3.04 bits per heavy atom. The number of aliphatic hydroxyl groups is 2. The molecule has 1 amide bonds. The van der Waals surface area contributed by atoms with E-state index in [0.717, 1.165) is 19.4 Å². The summed E-state index contributed by atoms with van der Waals surface area (Å²) in [4.78, 5) is 29.8. The Morgan fingerprint density at radius 2 is 2.29 bits per heavy atom. The zero-order valence-corrected chi connectivity index (χ0v) is 15.6. The van der Waals surface area contributed by atoms with Gasteiger partial charge in [-0.25, -0.2) is 15.0 Å². The van der Waals surface area contributed by atoms with Gasteiger partial charge in [-0.15, -0.1) is 0 Å². The van der Waals surface area contributed by atoms with Gasteiger partial charge < -0.3 is 30.6 Å². The average molecular weight is 391 g/mol. The Morgan fingerprint density at radius 1 is 1.43 bits per heavy atom. The Labute approximate surface area is 161 Å². The molecule has 5 N–H and O–H groups in total. The number of likely N-dealkylation sites (tertiary alicyclic amines) is 1. The van der Waals surface area contributed by atoms with E-state index in [2.05, 4.69) is 30.6 Å². The molecule has 28 heavy (non-hydrogen) atoms. The molecule has 11 heteroatoms. The highest BCUT2D eigenvalue weighted by molar-refractivity contribution is 5.83. The van der Waals surface area contributed by atoms with Crippen molar-refractivity contribution < 1.29 is 19.7 Å². The quantitative estimate of drug-likeness (QED) is 0.424. The number of hydrogen-bond acceptors (Lipinski definition) is 9. The van der Waals surface area contributed by atoms with E-state index in [1.807, 2.05) is 11.9 Å². The van der Waals surface area contributed by atoms with E-state index < -0.39 is 24.5 Å². The van der Waals surface area contributed by atoms with E-state index in [4.69, 9.17) is 4.74 Å². The van der Waals surface area contributed by atoms with Crippen molar-refractivity contribution in [1.29, 1.82) is 0 Å². The van der Waals surface area contributed by atoms with E-state index in [1.54, 1.807) is 0 Å². The van der Waals surface area contributed by atoms with Crippen LogP contribution in [0.25, 0.3) is 11.2 Å². The number of anilines is 1. The van der Waals surface area contributed by atoms with Gasteiger partial charge in [-0.05, 0) is 26.4 Å². The van der Waals surface area contributed by atoms with Gasteiger partial charge in [0.1, 0.15) is 24.1 Å². The zero-order valence-electron chi connectivity index (χ0n) is 15.6. The number of fused-ring (bicyclic) bond motifs is 1. The van der Waals surface area contributed by atoms with E-state index in [0.29, 0.717) is 17.0 Å². The molecule has 0 unspecified atom stereocenters. The lowest BCUT2D eigenvalue weighted by Gasteiger charge is -2.40. The van der Waals surface area contributed by atoms with Gasteiger partial charge in [0, 0.05) is 6.42 Å². The molecule has 4 rings (SSSR count). The van der Waals surface area contributed by atoms with Crippen molar-refractivity contribution in [3.8, 4) is 0 Å². The summed E-state index contributed by atoms with van der Waals surface area (Å²) >= 11 is 0. The number of aliphatic hydroxyl groups excluding tert-OH is 2. The van der Waals surface area contributed by atoms with Gasteiger partial charge in [-0.2, -0.15) is 0 Å². The zero-order chi connectivity index (χ0) is 19.7. The highest BCUT2D eigenvalue weighted by Crippen LogP contribution is 2.24. The fourth-order valence-electron chi connectivity index (χ4n) is 3.89. The maximum absolute atomic E-state index is 12.6. The van der Waals surface area contributed by atoms with Gasteiger partial charge in [0.15, 0.2) is 17.7 Å². The molecule has 2 aromatic rings. The van der Waals surface area contributed by atoms with Crippen LogP contribution in [0.1, 0.15) is 19.3 Å². The number of likely N-dealkylation sites (N-methyl/N-ethyl adjacent to an activating group) is 1. The van der Waals surface area contributed by atoms with Crippen LogP contribution in [0.2, 0.25) is 0 Å². The van der Waals surface area contributed by atoms with Crippen LogP contribution in [0, 0.1) is 0 Å². The number of aromatic nitrogens is 4. The van der Waals surface area contributed by atoms with Gasteiger partial charge in [0.05, 0.1) is 25.0 Å². The van der Waals surface area contributed by atoms with E-state index in [1.165, 1.54) is 12.7 Å². The number of nitrogens with one attached hydrogen (secondary N) is 3. The Balaban J connectivity index is 1.43. The van der Waals surface area contributed by atoms with Gasteiger partial charge in [0.2, 0.25) is 5.91 Å². The van der Waals surface area contributed by atoms with E-state index in [-0.39, 0.29) is 25.0 Å². The van der Waals surface area contributed by atoms with Crippen LogP contribution in [-0.2, 0) is 9.53 Å². The Bertz CT molecular complexity index is 831. The third kappa shape index (κ3) is 3.65. The third-order valence-corrected chi connectivity index (χ3v) is 5.45. The summed E-state index contributed by atoms with van der Waals surface area (Å²) in [5.74, 6) is 0.346. The minimum Gasteiger partial charge on any atom is -0.394 e. The van der Waals surface area contributed by atoms with Crippen LogP contribution < -0.4 is 10.6 Å². The molecule has 2 fully saturated rings. The Hall–Kier alpha value is -2.34. The Kier molecular flexibility index (Phi) is 5.40. The fourth-order valence-corrected chi connectivity index (χ4v) is 3.89. The summed E-state index contributed by atoms with van der Waals surface area (Å²) in [6.07, 6.45) is 2.58. The number of nitrogens with zero attached hydrogens (tertiary/aromatic N) is 4. The lowest BCUT2D eigenvalue weighted by Crippen LogP contribution is -2.59. The molecular formula is C17H25N7O4. The molecule has 2 aliphatic rings. The predicted octanol–water partition coefficient (Wildman–Crippen LogP) is -1.19. The number of H-pyrrole nitrogens is 1. The average Bonchev–Trinajstić information content (AvgIpc) is 3.33. The highest BCUT2D eigenvalue weighted by atomic mass is 16.5. The van der Waals surface area contributed by atoms with Crippen molar-refractivity contribution in [2.75, 3.05) is 25.5 Å². The summed E-state index contributed by atoms with van der Waals surface area (Å²) in [5.41, 5.74) is 1.09. The summed E-state index contributed by atoms with van der Waals surface area (Å²) < 4.78 is 5.85.